The summed E-state index contributed by atoms with van der Waals surface area (Å²) >= 11 is 0. The van der Waals surface area contributed by atoms with Crippen molar-refractivity contribution >= 4 is 23.0 Å². The van der Waals surface area contributed by atoms with Crippen LogP contribution in [-0.4, -0.2) is 199 Å². The average Bonchev–Trinajstić information content (AvgIpc) is 2.87. The molecular formula is C32H78N2O35-34. The fourth-order valence-electron chi connectivity index (χ4n) is 4.48. The number of hydrogen-bond acceptors (Lipinski definition) is 36. The van der Waals surface area contributed by atoms with Gasteiger partial charge in [0.05, 0.1) is 22.6 Å². The van der Waals surface area contributed by atoms with Crippen LogP contribution in [0.1, 0.15) is 87.9 Å². The number of para-hydroxylation sites is 1. The van der Waals surface area contributed by atoms with Crippen molar-refractivity contribution in [2.75, 3.05) is 16.8 Å². The Morgan fingerprint density at radius 3 is 1.13 bits per heavy atom. The van der Waals surface area contributed by atoms with Crippen molar-refractivity contribution in [1.82, 2.24) is 0 Å². The molecule has 2 aromatic carbocycles. The molecule has 37 heteroatoms. The first kappa shape index (κ1) is 262. The van der Waals surface area contributed by atoms with E-state index < -0.39 is 0 Å². The summed E-state index contributed by atoms with van der Waals surface area (Å²) in [5, 5.41) is 3.59. The standard InChI is InChI=1S/C31H40N2O.CH4.34H2O/c1-21(2)11-8-12-22(3)13-9-14-23(4)17-18-33-28-20-24(5)19-26(7)30(28)32-29-25(6)15-10-16-27(29)31(33)34;;;;;;;;;;;;;;;;;;;;;;;;;;;;;;;;;;;/h10-11,13,15-17,19-20,32H,8-9,12,14,18H2,1-7H3;1H4;34*1H2/p-34/b22-13+,23-17+;;;;;;;;;;;;;;;;;;;;;;;;;;;;;;;;;;;. The summed E-state index contributed by atoms with van der Waals surface area (Å²) in [6, 6.07) is 10.2. The maximum absolute atomic E-state index is 13.7. The van der Waals surface area contributed by atoms with Crippen LogP contribution in [0.4, 0.5) is 17.1 Å². The fraction of sp³-hybridized carbons (Fsp3) is 0.406. The van der Waals surface area contributed by atoms with Crippen LogP contribution in [0.2, 0.25) is 0 Å². The Balaban J connectivity index is -0.0000000119. The minimum atomic E-state index is 0. The molecular weight excluding hydrogens is 972 g/mol. The van der Waals surface area contributed by atoms with Crippen molar-refractivity contribution < 1.29 is 191 Å². The Morgan fingerprint density at radius 2 is 0.783 bits per heavy atom. The monoisotopic (exact) mass is 1050 g/mol. The summed E-state index contributed by atoms with van der Waals surface area (Å²) in [5.41, 5.74) is 11.2. The first-order chi connectivity index (χ1) is 16.2. The van der Waals surface area contributed by atoms with Crippen molar-refractivity contribution in [2.24, 2.45) is 0 Å². The van der Waals surface area contributed by atoms with Gasteiger partial charge in [-0.3, -0.25) is 4.79 Å². The molecule has 0 atom stereocenters. The van der Waals surface area contributed by atoms with E-state index in [-0.39, 0.29) is 200 Å². The van der Waals surface area contributed by atoms with E-state index >= 15 is 0 Å². The molecule has 0 aliphatic carbocycles. The van der Waals surface area contributed by atoms with E-state index in [1.807, 2.05) is 17.0 Å². The molecule has 2 aromatic rings. The number of aryl methyl sites for hydroxylation is 3. The second-order valence-corrected chi connectivity index (χ2v) is 9.97. The van der Waals surface area contributed by atoms with E-state index in [0.717, 1.165) is 65.0 Å². The highest BCUT2D eigenvalue weighted by molar-refractivity contribution is 6.14. The van der Waals surface area contributed by atoms with E-state index in [2.05, 4.69) is 90.2 Å². The molecule has 1 amide bonds. The number of allylic oxidation sites excluding steroid dienone is 5. The Morgan fingerprint density at radius 1 is 0.449 bits per heavy atom. The predicted molar refractivity (Wildman–Crippen MR) is 220 cm³/mol. The highest BCUT2D eigenvalue weighted by atomic mass is 16.2. The van der Waals surface area contributed by atoms with Crippen LogP contribution in [0.3, 0.4) is 0 Å². The van der Waals surface area contributed by atoms with Crippen LogP contribution >= 0.6 is 0 Å². The van der Waals surface area contributed by atoms with E-state index in [1.165, 1.54) is 16.7 Å². The number of hydrogen-bond donors (Lipinski definition) is 1. The quantitative estimate of drug-likeness (QED) is 0.370. The van der Waals surface area contributed by atoms with Crippen molar-refractivity contribution in [3.05, 3.63) is 87.5 Å². The van der Waals surface area contributed by atoms with Gasteiger partial charge in [0.25, 0.3) is 5.91 Å². The molecule has 0 unspecified atom stereocenters. The predicted octanol–water partition coefficient (Wildman–Crippen LogP) is 3.36. The molecule has 1 aliphatic heterocycles. The first-order valence-corrected chi connectivity index (χ1v) is 12.4. The number of carbonyl (C=O) groups is 1. The SMILES string of the molecule is C.CC(C)=CCC/C(C)=C/CC/C(C)=C/CN1C(=O)c2cccc(C)c2Nc2c(C)cc(C)cc21.[OH-].[OH-].[OH-].[OH-].[OH-].[OH-].[OH-].[OH-].[OH-].[OH-].[OH-].[OH-].[OH-].[OH-].[OH-].[OH-].[OH-].[OH-].[OH-].[OH-].[OH-].[OH-].[OH-].[OH-].[OH-].[OH-].[OH-].[OH-].[OH-].[OH-].[OH-].[OH-].[OH-].[OH-]. The Hall–Kier alpha value is -4.43. The lowest BCUT2D eigenvalue weighted by Crippen LogP contribution is -2.30. The molecule has 0 aromatic heterocycles. The Bertz CT molecular complexity index is 1210. The number of fused-ring (bicyclic) bond motifs is 2. The summed E-state index contributed by atoms with van der Waals surface area (Å²) in [6.07, 6.45) is 11.2. The van der Waals surface area contributed by atoms with Crippen LogP contribution in [0.25, 0.3) is 0 Å². The van der Waals surface area contributed by atoms with Crippen LogP contribution in [-0.2, 0) is 0 Å². The second-order valence-electron chi connectivity index (χ2n) is 9.97. The zero-order valence-corrected chi connectivity index (χ0v) is 37.2. The number of nitrogens with zero attached hydrogens (tertiary/aromatic N) is 1. The lowest BCUT2D eigenvalue weighted by atomic mass is 10.1. The third-order valence-corrected chi connectivity index (χ3v) is 6.49. The molecule has 35 N–H and O–H groups in total. The number of amides is 1. The average molecular weight is 1050 g/mol. The van der Waals surface area contributed by atoms with Gasteiger partial charge in [-0.15, -0.1) is 0 Å². The zero-order chi connectivity index (χ0) is 24.8. The molecule has 0 spiro atoms. The van der Waals surface area contributed by atoms with Crippen molar-refractivity contribution in [2.45, 2.75) is 81.6 Å². The van der Waals surface area contributed by atoms with E-state index in [9.17, 15) is 4.79 Å². The number of benzene rings is 2. The lowest BCUT2D eigenvalue weighted by Gasteiger charge is -2.23. The second kappa shape index (κ2) is 120. The maximum Gasteiger partial charge on any atom is 0.260 e. The molecule has 0 fully saturated rings. The van der Waals surface area contributed by atoms with Gasteiger partial charge in [-0.05, 0) is 103 Å². The van der Waals surface area contributed by atoms with Crippen molar-refractivity contribution in [3.63, 3.8) is 0 Å². The van der Waals surface area contributed by atoms with Gasteiger partial charge >= 0.3 is 0 Å². The summed E-state index contributed by atoms with van der Waals surface area (Å²) < 4.78 is 0. The molecule has 0 radical (unpaired) electrons. The van der Waals surface area contributed by atoms with Gasteiger partial charge < -0.3 is 196 Å². The van der Waals surface area contributed by atoms with Gasteiger partial charge in [0.15, 0.2) is 0 Å². The van der Waals surface area contributed by atoms with E-state index in [4.69, 9.17) is 0 Å². The molecule has 3 rings (SSSR count). The molecule has 0 bridgehead atoms. The van der Waals surface area contributed by atoms with Crippen molar-refractivity contribution in [3.8, 4) is 0 Å². The molecule has 1 aliphatic rings. The zero-order valence-electron chi connectivity index (χ0n) is 37.2. The lowest BCUT2D eigenvalue weighted by molar-refractivity contribution is 0.0990. The topological polar surface area (TPSA) is 1050 Å². The van der Waals surface area contributed by atoms with Gasteiger partial charge in [0, 0.05) is 6.54 Å². The normalized spacial score (nSPS) is 6.77. The van der Waals surface area contributed by atoms with Crippen molar-refractivity contribution in [1.29, 1.82) is 0 Å². The number of rotatable bonds is 8. The largest absolute Gasteiger partial charge is 0.870 e. The van der Waals surface area contributed by atoms with Crippen LogP contribution in [0, 0.1) is 20.8 Å². The summed E-state index contributed by atoms with van der Waals surface area (Å²) in [5.74, 6) is 0.0500. The van der Waals surface area contributed by atoms with Crippen LogP contribution in [0.5, 0.6) is 0 Å². The maximum atomic E-state index is 13.7. The third-order valence-electron chi connectivity index (χ3n) is 6.49. The van der Waals surface area contributed by atoms with Gasteiger partial charge in [0.2, 0.25) is 0 Å². The molecule has 37 nitrogen and oxygen atoms in total. The Labute approximate surface area is 400 Å². The highest BCUT2D eigenvalue weighted by Gasteiger charge is 2.28. The molecule has 1 heterocycles. The highest BCUT2D eigenvalue weighted by Crippen LogP contribution is 2.40. The minimum Gasteiger partial charge on any atom is -0.870 e. The summed E-state index contributed by atoms with van der Waals surface area (Å²) in [6.45, 7) is 15.5. The Kier molecular flexibility index (Phi) is 455. The summed E-state index contributed by atoms with van der Waals surface area (Å²) in [7, 11) is 0. The van der Waals surface area contributed by atoms with Crippen LogP contribution in [0.15, 0.2) is 65.3 Å². The van der Waals surface area contributed by atoms with Gasteiger partial charge in [0.1, 0.15) is 0 Å². The fourth-order valence-corrected chi connectivity index (χ4v) is 4.48. The van der Waals surface area contributed by atoms with Gasteiger partial charge in [-0.1, -0.05) is 60.6 Å². The molecule has 0 saturated carbocycles. The number of carbonyl (C=O) groups excluding carboxylic acids is 1. The van der Waals surface area contributed by atoms with Crippen LogP contribution < -0.4 is 10.2 Å². The molecule has 460 valence electrons. The first-order valence-electron chi connectivity index (χ1n) is 12.4. The number of nitrogens with one attached hydrogen (secondary N) is 1. The third kappa shape index (κ3) is 70.2. The van der Waals surface area contributed by atoms with E-state index in [1.54, 1.807) is 0 Å². The number of anilines is 3. The molecule has 69 heavy (non-hydrogen) atoms. The minimum absolute atomic E-state index is 0. The smallest absolute Gasteiger partial charge is 0.260 e. The van der Waals surface area contributed by atoms with Gasteiger partial charge in [-0.25, -0.2) is 0 Å². The van der Waals surface area contributed by atoms with E-state index in [0.29, 0.717) is 6.54 Å². The van der Waals surface area contributed by atoms with Gasteiger partial charge in [-0.2, -0.15) is 0 Å². The molecule has 0 saturated heterocycles. The summed E-state index contributed by atoms with van der Waals surface area (Å²) in [4.78, 5) is 15.6.